The van der Waals surface area contributed by atoms with Gasteiger partial charge in [-0.05, 0) is 31.6 Å². The van der Waals surface area contributed by atoms with Gasteiger partial charge < -0.3 is 16.0 Å². The molecule has 54 heavy (non-hydrogen) atoms. The van der Waals surface area contributed by atoms with E-state index in [9.17, 15) is 58.8 Å². The van der Waals surface area contributed by atoms with Gasteiger partial charge in [-0.3, -0.25) is 57.0 Å². The summed E-state index contributed by atoms with van der Waals surface area (Å²) < 4.78 is 93.3. The second kappa shape index (κ2) is 23.8. The SMILES string of the molecule is CNC(=O)C(CCN1C(=O)CC(SC)C1=O)S(=O)(=O)O.CNC(=O)C(CCSSC)S(=O)(=O)O.CNC(=O)CC(CN1C(=O)CC(SC)C1=O)S(=O)(=O)O. The van der Waals surface area contributed by atoms with Crippen LogP contribution in [-0.4, -0.2) is 175 Å². The predicted octanol–water partition coefficient (Wildman–Crippen LogP) is -1.87. The fourth-order valence-electron chi connectivity index (χ4n) is 4.51. The molecule has 6 N–H and O–H groups in total. The lowest BCUT2D eigenvalue weighted by molar-refractivity contribution is -0.140. The van der Waals surface area contributed by atoms with Gasteiger partial charge in [0, 0.05) is 59.2 Å². The van der Waals surface area contributed by atoms with Gasteiger partial charge in [-0.1, -0.05) is 21.6 Å². The van der Waals surface area contributed by atoms with E-state index in [0.717, 1.165) is 9.80 Å². The van der Waals surface area contributed by atoms with Crippen molar-refractivity contribution in [3.8, 4) is 0 Å². The molecule has 5 atom stereocenters. The van der Waals surface area contributed by atoms with E-state index in [2.05, 4.69) is 16.0 Å². The number of hydrogen-bond donors (Lipinski definition) is 6. The smallest absolute Gasteiger partial charge is 0.277 e. The van der Waals surface area contributed by atoms with Crippen LogP contribution in [0.3, 0.4) is 0 Å². The van der Waals surface area contributed by atoms with Crippen molar-refractivity contribution in [3.05, 3.63) is 0 Å². The van der Waals surface area contributed by atoms with Crippen LogP contribution in [0.4, 0.5) is 0 Å². The number of hydrogen-bond acceptors (Lipinski definition) is 17. The van der Waals surface area contributed by atoms with Crippen molar-refractivity contribution in [2.24, 2.45) is 0 Å². The summed E-state index contributed by atoms with van der Waals surface area (Å²) in [5.74, 6) is -3.45. The second-order valence-electron chi connectivity index (χ2n) is 10.9. The first-order chi connectivity index (χ1) is 24.8. The zero-order valence-electron chi connectivity index (χ0n) is 29.9. The van der Waals surface area contributed by atoms with Gasteiger partial charge in [0.1, 0.15) is 5.25 Å². The van der Waals surface area contributed by atoms with Gasteiger partial charge in [-0.2, -0.15) is 48.8 Å². The Bertz CT molecular complexity index is 1700. The van der Waals surface area contributed by atoms with Crippen molar-refractivity contribution in [1.29, 1.82) is 0 Å². The minimum absolute atomic E-state index is 0.00182. The van der Waals surface area contributed by atoms with Crippen LogP contribution in [0.1, 0.15) is 32.1 Å². The third-order valence-corrected chi connectivity index (χ3v) is 14.7. The van der Waals surface area contributed by atoms with Gasteiger partial charge in [0.25, 0.3) is 30.4 Å². The number of nitrogens with zero attached hydrogens (tertiary/aromatic N) is 2. The van der Waals surface area contributed by atoms with Crippen LogP contribution in [0, 0.1) is 0 Å². The summed E-state index contributed by atoms with van der Waals surface area (Å²) in [6, 6.07) is 0. The maximum absolute atomic E-state index is 11.9. The first-order valence-electron chi connectivity index (χ1n) is 15.3. The molecule has 2 heterocycles. The number of carbonyl (C=O) groups is 7. The molecule has 0 bridgehead atoms. The third-order valence-electron chi connectivity index (χ3n) is 7.47. The van der Waals surface area contributed by atoms with Crippen LogP contribution in [0.15, 0.2) is 0 Å². The molecule has 312 valence electrons. The molecule has 0 radical (unpaired) electrons. The van der Waals surface area contributed by atoms with E-state index in [4.69, 9.17) is 13.7 Å². The first kappa shape index (κ1) is 51.8. The largest absolute Gasteiger partial charge is 0.359 e. The molecule has 0 spiro atoms. The highest BCUT2D eigenvalue weighted by Crippen LogP contribution is 2.25. The molecule has 7 amide bonds. The minimum Gasteiger partial charge on any atom is -0.359 e. The fourth-order valence-corrected chi connectivity index (χ4v) is 9.52. The van der Waals surface area contributed by atoms with Gasteiger partial charge in [0.05, 0.1) is 10.5 Å². The van der Waals surface area contributed by atoms with Gasteiger partial charge in [-0.25, -0.2) is 0 Å². The number of carbonyl (C=O) groups excluding carboxylic acids is 7. The molecule has 21 nitrogen and oxygen atoms in total. The van der Waals surface area contributed by atoms with E-state index in [-0.39, 0.29) is 32.2 Å². The number of imide groups is 2. The molecule has 2 aliphatic rings. The maximum Gasteiger partial charge on any atom is 0.277 e. The fraction of sp³-hybridized carbons (Fsp3) is 0.731. The van der Waals surface area contributed by atoms with E-state index in [1.165, 1.54) is 66.3 Å². The molecule has 2 saturated heterocycles. The molecule has 0 saturated carbocycles. The van der Waals surface area contributed by atoms with E-state index >= 15 is 0 Å². The van der Waals surface area contributed by atoms with E-state index in [0.29, 0.717) is 5.75 Å². The van der Waals surface area contributed by atoms with Crippen molar-refractivity contribution in [1.82, 2.24) is 25.8 Å². The molecular weight excluding hydrogens is 863 g/mol. The lowest BCUT2D eigenvalue weighted by Crippen LogP contribution is -2.42. The molecule has 2 aliphatic heterocycles. The highest BCUT2D eigenvalue weighted by atomic mass is 33.1. The molecule has 0 aliphatic carbocycles. The Labute approximate surface area is 330 Å². The number of thioether (sulfide) groups is 2. The number of amides is 7. The summed E-state index contributed by atoms with van der Waals surface area (Å²) in [6.07, 6.45) is 4.55. The van der Waals surface area contributed by atoms with E-state index in [1.807, 2.05) is 6.26 Å². The molecule has 2 fully saturated rings. The summed E-state index contributed by atoms with van der Waals surface area (Å²) in [7, 11) is -6.61. The van der Waals surface area contributed by atoms with Crippen LogP contribution in [-0.2, 0) is 63.9 Å². The van der Waals surface area contributed by atoms with Crippen LogP contribution < -0.4 is 16.0 Å². The van der Waals surface area contributed by atoms with Crippen molar-refractivity contribution in [2.75, 3.05) is 58.8 Å². The monoisotopic (exact) mass is 907 g/mol. The standard InChI is InChI=1S/2C10H16N2O6S2.C6H13NO4S3/c1-11-8(13)3-6(20(16,17)18)5-12-9(14)4-7(19-2)10(12)15;1-11-9(14)7(20(16,17)18)3-4-12-8(13)5-6(19-2)10(12)15;1-7-6(8)5(14(9,10)11)3-4-13-12-2/h6-7H,3-5H2,1-2H3,(H,11,13)(H,16,17,18);6-7H,3-5H2,1-2H3,(H,11,14)(H,16,17,18);5H,3-4H2,1-2H3,(H,7,8)(H,9,10,11). The molecule has 28 heteroatoms. The molecule has 2 rings (SSSR count). The third kappa shape index (κ3) is 16.9. The summed E-state index contributed by atoms with van der Waals surface area (Å²) in [6.45, 7) is -0.729. The number of likely N-dealkylation sites (tertiary alicyclic amines) is 2. The molecule has 0 aromatic rings. The minimum atomic E-state index is -4.59. The Morgan fingerprint density at radius 2 is 1.13 bits per heavy atom. The summed E-state index contributed by atoms with van der Waals surface area (Å²) in [5.41, 5.74) is 0. The normalized spacial score (nSPS) is 19.2. The highest BCUT2D eigenvalue weighted by molar-refractivity contribution is 8.76. The molecule has 0 aromatic heterocycles. The number of rotatable bonds is 18. The van der Waals surface area contributed by atoms with Crippen molar-refractivity contribution < 1.29 is 72.5 Å². The second-order valence-corrected chi connectivity index (χ2v) is 20.6. The van der Waals surface area contributed by atoms with E-state index < -0.39 is 111 Å². The molecule has 0 aromatic carbocycles. The average Bonchev–Trinajstić information content (AvgIpc) is 3.52. The number of nitrogens with one attached hydrogen (secondary N) is 3. The van der Waals surface area contributed by atoms with Crippen LogP contribution in [0.25, 0.3) is 0 Å². The quantitative estimate of drug-likeness (QED) is 0.0380. The zero-order chi connectivity index (χ0) is 42.2. The maximum atomic E-state index is 11.9. The lowest BCUT2D eigenvalue weighted by atomic mass is 10.2. The topological polar surface area (TPSA) is 325 Å². The first-order valence-corrected chi connectivity index (χ1v) is 25.1. The van der Waals surface area contributed by atoms with Crippen molar-refractivity contribution in [2.45, 2.75) is 58.4 Å². The Morgan fingerprint density at radius 3 is 1.48 bits per heavy atom. The predicted molar refractivity (Wildman–Crippen MR) is 205 cm³/mol. The van der Waals surface area contributed by atoms with Crippen molar-refractivity contribution in [3.63, 3.8) is 0 Å². The summed E-state index contributed by atoms with van der Waals surface area (Å²) >= 11 is 2.44. The molecular formula is C26H45N5O16S7. The average molecular weight is 908 g/mol. The van der Waals surface area contributed by atoms with Crippen LogP contribution in [0.2, 0.25) is 0 Å². The Kier molecular flexibility index (Phi) is 22.8. The highest BCUT2D eigenvalue weighted by Gasteiger charge is 2.42. The lowest BCUT2D eigenvalue weighted by Gasteiger charge is -2.20. The summed E-state index contributed by atoms with van der Waals surface area (Å²) in [4.78, 5) is 82.5. The van der Waals surface area contributed by atoms with Crippen LogP contribution in [0.5, 0.6) is 0 Å². The Hall–Kier alpha value is -2.18. The van der Waals surface area contributed by atoms with Gasteiger partial charge in [0.2, 0.25) is 41.4 Å². The Balaban J connectivity index is 0.000000796. The van der Waals surface area contributed by atoms with Gasteiger partial charge in [-0.15, -0.1) is 0 Å². The van der Waals surface area contributed by atoms with Gasteiger partial charge >= 0.3 is 0 Å². The molecule has 5 unspecified atom stereocenters. The zero-order valence-corrected chi connectivity index (χ0v) is 35.7. The summed E-state index contributed by atoms with van der Waals surface area (Å²) in [5, 5.41) is 0.982. The Morgan fingerprint density at radius 1 is 0.704 bits per heavy atom. The van der Waals surface area contributed by atoms with Crippen LogP contribution >= 0.6 is 45.1 Å². The van der Waals surface area contributed by atoms with E-state index in [1.54, 1.807) is 12.5 Å². The van der Waals surface area contributed by atoms with Crippen molar-refractivity contribution >= 4 is 117 Å². The van der Waals surface area contributed by atoms with Gasteiger partial charge in [0.15, 0.2) is 10.5 Å².